The first kappa shape index (κ1) is 8.84. The van der Waals surface area contributed by atoms with E-state index in [2.05, 4.69) is 4.98 Å². The number of hydrogen-bond acceptors (Lipinski definition) is 3. The Hall–Kier alpha value is -2.43. The zero-order valence-corrected chi connectivity index (χ0v) is 8.20. The number of hydrogen-bond donors (Lipinski definition) is 0. The van der Waals surface area contributed by atoms with Crippen LogP contribution in [-0.4, -0.2) is 14.7 Å². The van der Waals surface area contributed by atoms with Gasteiger partial charge in [0.15, 0.2) is 5.03 Å². The summed E-state index contributed by atoms with van der Waals surface area (Å²) in [7, 11) is 0. The van der Waals surface area contributed by atoms with Crippen LogP contribution in [0.15, 0.2) is 42.7 Å². The molecule has 5 nitrogen and oxygen atoms in total. The fraction of sp³-hybridized carbons (Fsp3) is 0. The molecule has 3 rings (SSSR count). The summed E-state index contributed by atoms with van der Waals surface area (Å²) in [5, 5.41) is 12.3. The van der Waals surface area contributed by atoms with Gasteiger partial charge in [-0.3, -0.25) is 4.98 Å². The monoisotopic (exact) mass is 213 g/mol. The maximum atomic E-state index is 11.0. The first-order valence-corrected chi connectivity index (χ1v) is 4.77. The van der Waals surface area contributed by atoms with Crippen molar-refractivity contribution in [1.29, 1.82) is 0 Å². The van der Waals surface area contributed by atoms with Gasteiger partial charge in [0.2, 0.25) is 0 Å². The molecule has 0 aliphatic rings. The molecule has 16 heavy (non-hydrogen) atoms. The molecule has 0 aliphatic heterocycles. The highest BCUT2D eigenvalue weighted by molar-refractivity contribution is 6.07. The van der Waals surface area contributed by atoms with Crippen molar-refractivity contribution in [3.63, 3.8) is 0 Å². The Labute approximate surface area is 90.1 Å². The number of pyridine rings is 1. The zero-order chi connectivity index (χ0) is 11.1. The average molecular weight is 213 g/mol. The number of para-hydroxylation sites is 1. The van der Waals surface area contributed by atoms with Crippen molar-refractivity contribution in [1.82, 2.24) is 9.66 Å². The van der Waals surface area contributed by atoms with Gasteiger partial charge in [-0.25, -0.2) is 10.1 Å². The summed E-state index contributed by atoms with van der Waals surface area (Å²) in [5.41, 5.74) is 1.12. The molecule has 0 aliphatic carbocycles. The number of rotatable bonds is 1. The van der Waals surface area contributed by atoms with Gasteiger partial charge in [-0.1, -0.05) is 22.9 Å². The summed E-state index contributed by atoms with van der Waals surface area (Å²) in [6, 6.07) is 9.05. The van der Waals surface area contributed by atoms with Crippen LogP contribution in [-0.2, 0) is 0 Å². The van der Waals surface area contributed by atoms with E-state index in [-0.39, 0.29) is 0 Å². The molecule has 1 aromatic carbocycles. The molecule has 0 atom stereocenters. The molecule has 0 radical (unpaired) electrons. The number of aromatic nitrogens is 2. The molecule has 0 N–H and O–H groups in total. The van der Waals surface area contributed by atoms with Crippen molar-refractivity contribution >= 4 is 21.8 Å². The molecule has 0 spiro atoms. The Kier molecular flexibility index (Phi) is 1.67. The van der Waals surface area contributed by atoms with Crippen LogP contribution < -0.4 is 0 Å². The summed E-state index contributed by atoms with van der Waals surface area (Å²) >= 11 is 0. The molecule has 0 fully saturated rings. The fourth-order valence-electron chi connectivity index (χ4n) is 1.97. The van der Waals surface area contributed by atoms with Crippen molar-refractivity contribution in [2.45, 2.75) is 0 Å². The molecule has 0 unspecified atom stereocenters. The average Bonchev–Trinajstić information content (AvgIpc) is 2.63. The smallest absolute Gasteiger partial charge is 0.170 e. The van der Waals surface area contributed by atoms with Crippen molar-refractivity contribution in [2.75, 3.05) is 0 Å². The molecule has 0 bridgehead atoms. The summed E-state index contributed by atoms with van der Waals surface area (Å²) < 4.78 is 1.07. The summed E-state index contributed by atoms with van der Waals surface area (Å²) in [6.45, 7) is 0. The quantitative estimate of drug-likeness (QED) is 0.460. The van der Waals surface area contributed by atoms with Gasteiger partial charge in [0, 0.05) is 17.0 Å². The Morgan fingerprint density at radius 3 is 2.69 bits per heavy atom. The molecule has 5 heteroatoms. The third-order valence-corrected chi connectivity index (χ3v) is 2.61. The maximum Gasteiger partial charge on any atom is 0.170 e. The van der Waals surface area contributed by atoms with E-state index in [1.165, 1.54) is 6.20 Å². The Morgan fingerprint density at radius 2 is 1.88 bits per heavy atom. The fourth-order valence-corrected chi connectivity index (χ4v) is 1.97. The van der Waals surface area contributed by atoms with Crippen molar-refractivity contribution in [3.8, 4) is 0 Å². The SMILES string of the molecule is O=[N+]([O-])n1c2ccccc2c2ccncc21. The molecule has 0 saturated carbocycles. The van der Waals surface area contributed by atoms with Crippen LogP contribution in [0.4, 0.5) is 0 Å². The summed E-state index contributed by atoms with van der Waals surface area (Å²) in [4.78, 5) is 15.0. The molecule has 0 saturated heterocycles. The van der Waals surface area contributed by atoms with E-state index in [4.69, 9.17) is 0 Å². The second-order valence-electron chi connectivity index (χ2n) is 3.46. The van der Waals surface area contributed by atoms with Crippen LogP contribution in [0.25, 0.3) is 21.8 Å². The maximum absolute atomic E-state index is 11.0. The van der Waals surface area contributed by atoms with E-state index in [9.17, 15) is 10.1 Å². The predicted octanol–water partition coefficient (Wildman–Crippen LogP) is 2.23. The van der Waals surface area contributed by atoms with Crippen molar-refractivity contribution in [3.05, 3.63) is 52.8 Å². The number of nitrogens with zero attached hydrogens (tertiary/aromatic N) is 3. The lowest BCUT2D eigenvalue weighted by atomic mass is 10.2. The lowest BCUT2D eigenvalue weighted by molar-refractivity contribution is -0.533. The Balaban J connectivity index is 2.64. The third-order valence-electron chi connectivity index (χ3n) is 2.61. The van der Waals surface area contributed by atoms with E-state index in [0.29, 0.717) is 11.0 Å². The molecule has 2 heterocycles. The van der Waals surface area contributed by atoms with E-state index in [1.54, 1.807) is 24.4 Å². The topological polar surface area (TPSA) is 61.0 Å². The van der Waals surface area contributed by atoms with E-state index < -0.39 is 5.03 Å². The minimum atomic E-state index is -0.424. The van der Waals surface area contributed by atoms with Gasteiger partial charge in [-0.15, -0.1) is 0 Å². The molecule has 78 valence electrons. The van der Waals surface area contributed by atoms with Crippen LogP contribution in [0.3, 0.4) is 0 Å². The Bertz CT molecular complexity index is 649. The largest absolute Gasteiger partial charge is 0.262 e. The van der Waals surface area contributed by atoms with Gasteiger partial charge in [0.05, 0.1) is 6.20 Å². The van der Waals surface area contributed by atoms with Gasteiger partial charge in [-0.2, -0.15) is 0 Å². The molecule has 0 amide bonds. The van der Waals surface area contributed by atoms with E-state index >= 15 is 0 Å². The van der Waals surface area contributed by atoms with Gasteiger partial charge >= 0.3 is 0 Å². The Morgan fingerprint density at radius 1 is 1.12 bits per heavy atom. The van der Waals surface area contributed by atoms with Crippen molar-refractivity contribution < 1.29 is 5.03 Å². The van der Waals surface area contributed by atoms with Crippen LogP contribution >= 0.6 is 0 Å². The van der Waals surface area contributed by atoms with Crippen LogP contribution in [0.5, 0.6) is 0 Å². The highest BCUT2D eigenvalue weighted by Gasteiger charge is 2.16. The number of benzene rings is 1. The highest BCUT2D eigenvalue weighted by Crippen LogP contribution is 2.27. The minimum absolute atomic E-state index is 0.424. The van der Waals surface area contributed by atoms with Gasteiger partial charge in [-0.05, 0) is 12.1 Å². The molecule has 2 aromatic heterocycles. The van der Waals surface area contributed by atoms with Crippen LogP contribution in [0.1, 0.15) is 0 Å². The molecular weight excluding hydrogens is 206 g/mol. The lowest BCUT2D eigenvalue weighted by Gasteiger charge is -1.93. The van der Waals surface area contributed by atoms with E-state index in [1.807, 2.05) is 12.1 Å². The number of fused-ring (bicyclic) bond motifs is 3. The minimum Gasteiger partial charge on any atom is -0.262 e. The summed E-state index contributed by atoms with van der Waals surface area (Å²) in [6.07, 6.45) is 3.15. The first-order valence-electron chi connectivity index (χ1n) is 4.77. The zero-order valence-electron chi connectivity index (χ0n) is 8.20. The lowest BCUT2D eigenvalue weighted by Crippen LogP contribution is -2.07. The van der Waals surface area contributed by atoms with Gasteiger partial charge in [0.1, 0.15) is 11.0 Å². The second-order valence-corrected chi connectivity index (χ2v) is 3.46. The van der Waals surface area contributed by atoms with Gasteiger partial charge < -0.3 is 0 Å². The molecular formula is C11H7N3O2. The second kappa shape index (κ2) is 3.03. The molecule has 3 aromatic rings. The predicted molar refractivity (Wildman–Crippen MR) is 59.6 cm³/mol. The van der Waals surface area contributed by atoms with Crippen LogP contribution in [0.2, 0.25) is 0 Å². The summed E-state index contributed by atoms with van der Waals surface area (Å²) in [5.74, 6) is 0. The first-order chi connectivity index (χ1) is 7.79. The van der Waals surface area contributed by atoms with Crippen LogP contribution in [0, 0.1) is 10.1 Å². The van der Waals surface area contributed by atoms with Crippen molar-refractivity contribution in [2.24, 2.45) is 0 Å². The standard InChI is InChI=1S/C11H7N3O2/c15-14(16)13-10-4-2-1-3-8(10)9-5-6-12-7-11(9)13/h1-7H. The van der Waals surface area contributed by atoms with Gasteiger partial charge in [0.25, 0.3) is 0 Å². The van der Waals surface area contributed by atoms with E-state index in [0.717, 1.165) is 15.4 Å². The highest BCUT2D eigenvalue weighted by atomic mass is 16.7. The third kappa shape index (κ3) is 1.02. The normalized spacial score (nSPS) is 11.0. The number of nitro groups is 1.